The van der Waals surface area contributed by atoms with E-state index in [1.54, 1.807) is 25.6 Å². The quantitative estimate of drug-likeness (QED) is 0.715. The molecule has 114 valence electrons. The first-order valence-electron chi connectivity index (χ1n) is 7.17. The van der Waals surface area contributed by atoms with Gasteiger partial charge in [0, 0.05) is 44.4 Å². The molecule has 0 radical (unpaired) electrons. The molecular weight excluding hydrogens is 274 g/mol. The molecule has 1 heterocycles. The highest BCUT2D eigenvalue weighted by atomic mass is 32.1. The number of nitrogens with one attached hydrogen (secondary N) is 1. The van der Waals surface area contributed by atoms with Crippen molar-refractivity contribution < 1.29 is 9.47 Å². The van der Waals surface area contributed by atoms with E-state index in [4.69, 9.17) is 9.47 Å². The van der Waals surface area contributed by atoms with Crippen LogP contribution in [0.15, 0.2) is 6.20 Å². The smallest absolute Gasteiger partial charge is 0.185 e. The maximum Gasteiger partial charge on any atom is 0.185 e. The molecule has 6 heteroatoms. The molecule has 0 spiro atoms. The molecule has 1 unspecified atom stereocenters. The van der Waals surface area contributed by atoms with Crippen LogP contribution in [0.1, 0.15) is 24.6 Å². The molecular formula is C14H25N3O2S. The van der Waals surface area contributed by atoms with Gasteiger partial charge in [-0.2, -0.15) is 0 Å². The molecule has 1 aliphatic rings. The second-order valence-electron chi connectivity index (χ2n) is 5.25. The third kappa shape index (κ3) is 4.70. The first kappa shape index (κ1) is 15.7. The Hall–Kier alpha value is -0.690. The lowest BCUT2D eigenvalue weighted by Gasteiger charge is -2.28. The molecule has 5 nitrogen and oxygen atoms in total. The zero-order chi connectivity index (χ0) is 14.4. The fourth-order valence-corrected chi connectivity index (χ4v) is 3.06. The van der Waals surface area contributed by atoms with E-state index in [1.165, 1.54) is 17.7 Å². The third-order valence-corrected chi connectivity index (χ3v) is 4.44. The number of methoxy groups -OCH3 is 2. The van der Waals surface area contributed by atoms with E-state index >= 15 is 0 Å². The standard InChI is InChI=1S/C14H25N3O2S/c1-11(10-19-3)17(6-7-18-2)14-16-9-13(20-14)8-15-12-4-5-12/h9,11-12,15H,4-8,10H2,1-3H3. The molecule has 2 rings (SSSR count). The van der Waals surface area contributed by atoms with Gasteiger partial charge in [0.1, 0.15) is 0 Å². The number of hydrogen-bond donors (Lipinski definition) is 1. The van der Waals surface area contributed by atoms with Crippen molar-refractivity contribution in [2.75, 3.05) is 38.9 Å². The molecule has 1 fully saturated rings. The first-order chi connectivity index (χ1) is 9.74. The van der Waals surface area contributed by atoms with Crippen molar-refractivity contribution in [1.29, 1.82) is 0 Å². The summed E-state index contributed by atoms with van der Waals surface area (Å²) in [4.78, 5) is 8.12. The molecule has 1 aromatic rings. The zero-order valence-electron chi connectivity index (χ0n) is 12.6. The van der Waals surface area contributed by atoms with Gasteiger partial charge in [0.25, 0.3) is 0 Å². The summed E-state index contributed by atoms with van der Waals surface area (Å²) < 4.78 is 10.5. The fraction of sp³-hybridized carbons (Fsp3) is 0.786. The van der Waals surface area contributed by atoms with E-state index in [1.807, 2.05) is 6.20 Å². The summed E-state index contributed by atoms with van der Waals surface area (Å²) in [6.07, 6.45) is 4.61. The van der Waals surface area contributed by atoms with E-state index in [0.717, 1.165) is 24.3 Å². The zero-order valence-corrected chi connectivity index (χ0v) is 13.4. The van der Waals surface area contributed by atoms with Gasteiger partial charge in [-0.25, -0.2) is 4.98 Å². The van der Waals surface area contributed by atoms with Crippen LogP contribution in [0.25, 0.3) is 0 Å². The number of aromatic nitrogens is 1. The molecule has 1 saturated carbocycles. The monoisotopic (exact) mass is 299 g/mol. The lowest BCUT2D eigenvalue weighted by molar-refractivity contribution is 0.171. The maximum absolute atomic E-state index is 5.26. The number of hydrogen-bond acceptors (Lipinski definition) is 6. The van der Waals surface area contributed by atoms with Gasteiger partial charge in [0.15, 0.2) is 5.13 Å². The number of rotatable bonds is 10. The summed E-state index contributed by atoms with van der Waals surface area (Å²) >= 11 is 1.76. The van der Waals surface area contributed by atoms with Gasteiger partial charge in [-0.15, -0.1) is 11.3 Å². The lowest BCUT2D eigenvalue weighted by Crippen LogP contribution is -2.38. The van der Waals surface area contributed by atoms with Crippen LogP contribution in [0.2, 0.25) is 0 Å². The van der Waals surface area contributed by atoms with Crippen molar-refractivity contribution in [3.8, 4) is 0 Å². The summed E-state index contributed by atoms with van der Waals surface area (Å²) in [6, 6.07) is 1.03. The number of anilines is 1. The van der Waals surface area contributed by atoms with Crippen LogP contribution in [0.4, 0.5) is 5.13 Å². The van der Waals surface area contributed by atoms with Crippen molar-refractivity contribution >= 4 is 16.5 Å². The summed E-state index contributed by atoms with van der Waals surface area (Å²) in [6.45, 7) is 5.31. The second-order valence-corrected chi connectivity index (χ2v) is 6.35. The minimum Gasteiger partial charge on any atom is -0.383 e. The van der Waals surface area contributed by atoms with E-state index in [9.17, 15) is 0 Å². The molecule has 0 aliphatic heterocycles. The van der Waals surface area contributed by atoms with Crippen LogP contribution in [0, 0.1) is 0 Å². The largest absolute Gasteiger partial charge is 0.383 e. The Morgan fingerprint density at radius 1 is 1.45 bits per heavy atom. The van der Waals surface area contributed by atoms with Crippen molar-refractivity contribution in [1.82, 2.24) is 10.3 Å². The van der Waals surface area contributed by atoms with E-state index in [2.05, 4.69) is 22.1 Å². The molecule has 1 aliphatic carbocycles. The van der Waals surface area contributed by atoms with Gasteiger partial charge < -0.3 is 19.7 Å². The predicted octanol–water partition coefficient (Wildman–Crippen LogP) is 1.88. The average molecular weight is 299 g/mol. The average Bonchev–Trinajstić information content (AvgIpc) is 3.16. The van der Waals surface area contributed by atoms with Crippen molar-refractivity contribution in [2.24, 2.45) is 0 Å². The fourth-order valence-electron chi connectivity index (χ4n) is 2.07. The minimum absolute atomic E-state index is 0.297. The topological polar surface area (TPSA) is 46.6 Å². The lowest BCUT2D eigenvalue weighted by atomic mass is 10.3. The minimum atomic E-state index is 0.297. The van der Waals surface area contributed by atoms with Crippen LogP contribution in [0.3, 0.4) is 0 Å². The van der Waals surface area contributed by atoms with Crippen molar-refractivity contribution in [2.45, 2.75) is 38.4 Å². The molecule has 1 atom stereocenters. The number of nitrogens with zero attached hydrogens (tertiary/aromatic N) is 2. The van der Waals surface area contributed by atoms with Crippen LogP contribution in [-0.2, 0) is 16.0 Å². The van der Waals surface area contributed by atoms with Gasteiger partial charge in [0.2, 0.25) is 0 Å². The molecule has 0 aromatic carbocycles. The van der Waals surface area contributed by atoms with Crippen LogP contribution < -0.4 is 10.2 Å². The van der Waals surface area contributed by atoms with Crippen molar-refractivity contribution in [3.05, 3.63) is 11.1 Å². The Morgan fingerprint density at radius 3 is 2.90 bits per heavy atom. The molecule has 20 heavy (non-hydrogen) atoms. The van der Waals surface area contributed by atoms with Crippen molar-refractivity contribution in [3.63, 3.8) is 0 Å². The highest BCUT2D eigenvalue weighted by molar-refractivity contribution is 7.15. The Bertz CT molecular complexity index is 396. The maximum atomic E-state index is 5.26. The van der Waals surface area contributed by atoms with E-state index < -0.39 is 0 Å². The molecule has 1 N–H and O–H groups in total. The van der Waals surface area contributed by atoms with Crippen LogP contribution >= 0.6 is 11.3 Å². The first-order valence-corrected chi connectivity index (χ1v) is 7.98. The van der Waals surface area contributed by atoms with Gasteiger partial charge in [0.05, 0.1) is 19.3 Å². The summed E-state index contributed by atoms with van der Waals surface area (Å²) in [5.74, 6) is 0. The highest BCUT2D eigenvalue weighted by Gasteiger charge is 2.21. The van der Waals surface area contributed by atoms with E-state index in [-0.39, 0.29) is 0 Å². The van der Waals surface area contributed by atoms with Crippen LogP contribution in [-0.4, -0.2) is 51.0 Å². The van der Waals surface area contributed by atoms with Gasteiger partial charge in [-0.3, -0.25) is 0 Å². The van der Waals surface area contributed by atoms with Crippen LogP contribution in [0.5, 0.6) is 0 Å². The van der Waals surface area contributed by atoms with Gasteiger partial charge in [-0.1, -0.05) is 0 Å². The molecule has 1 aromatic heterocycles. The Labute approximate surface area is 125 Å². The SMILES string of the molecule is COCCN(c1ncc(CNC2CC2)s1)C(C)COC. The molecule has 0 bridgehead atoms. The molecule has 0 saturated heterocycles. The van der Waals surface area contributed by atoms with Gasteiger partial charge in [-0.05, 0) is 19.8 Å². The number of thiazole rings is 1. The number of ether oxygens (including phenoxy) is 2. The van der Waals surface area contributed by atoms with E-state index in [0.29, 0.717) is 19.3 Å². The highest BCUT2D eigenvalue weighted by Crippen LogP contribution is 2.26. The Kier molecular flexibility index (Phi) is 6.22. The molecule has 0 amide bonds. The summed E-state index contributed by atoms with van der Waals surface area (Å²) in [5, 5.41) is 4.58. The summed E-state index contributed by atoms with van der Waals surface area (Å²) in [7, 11) is 3.46. The van der Waals surface area contributed by atoms with Gasteiger partial charge >= 0.3 is 0 Å². The second kappa shape index (κ2) is 7.93. The Balaban J connectivity index is 1.94. The summed E-state index contributed by atoms with van der Waals surface area (Å²) in [5.41, 5.74) is 0. The Morgan fingerprint density at radius 2 is 2.25 bits per heavy atom. The normalized spacial score (nSPS) is 16.4. The predicted molar refractivity (Wildman–Crippen MR) is 82.5 cm³/mol. The third-order valence-electron chi connectivity index (χ3n) is 3.41.